The summed E-state index contributed by atoms with van der Waals surface area (Å²) in [6, 6.07) is 12.9. The molecule has 1 amide bonds. The molecular weight excluding hydrogens is 332 g/mol. The van der Waals surface area contributed by atoms with E-state index >= 15 is 0 Å². The summed E-state index contributed by atoms with van der Waals surface area (Å²) < 4.78 is 6.24. The van der Waals surface area contributed by atoms with Crippen LogP contribution in [0.25, 0.3) is 0 Å². The van der Waals surface area contributed by atoms with Gasteiger partial charge in [-0.1, -0.05) is 28.1 Å². The Labute approximate surface area is 132 Å². The number of rotatable bonds is 4. The maximum Gasteiger partial charge on any atom is 0.257 e. The van der Waals surface area contributed by atoms with Crippen LogP contribution in [0.2, 0.25) is 0 Å². The molecule has 2 rings (SSSR count). The minimum absolute atomic E-state index is 0.102. The fraction of sp³-hybridized carbons (Fsp3) is 0.188. The van der Waals surface area contributed by atoms with E-state index in [1.54, 1.807) is 30.1 Å². The summed E-state index contributed by atoms with van der Waals surface area (Å²) in [7, 11) is 3.29. The number of carbonyl (C=O) groups is 1. The predicted molar refractivity (Wildman–Crippen MR) is 87.3 cm³/mol. The second-order valence-corrected chi connectivity index (χ2v) is 5.66. The zero-order chi connectivity index (χ0) is 15.4. The lowest BCUT2D eigenvalue weighted by Crippen LogP contribution is -2.26. The van der Waals surface area contributed by atoms with E-state index in [-0.39, 0.29) is 5.91 Å². The molecule has 0 saturated carbocycles. The highest BCUT2D eigenvalue weighted by molar-refractivity contribution is 9.10. The van der Waals surface area contributed by atoms with Crippen molar-refractivity contribution in [3.63, 3.8) is 0 Å². The van der Waals surface area contributed by atoms with Crippen LogP contribution in [0.5, 0.6) is 5.75 Å². The summed E-state index contributed by atoms with van der Waals surface area (Å²) in [4.78, 5) is 14.2. The normalized spacial score (nSPS) is 10.2. The van der Waals surface area contributed by atoms with Gasteiger partial charge in [0.1, 0.15) is 5.75 Å². The minimum atomic E-state index is -0.102. The lowest BCUT2D eigenvalue weighted by atomic mass is 10.1. The number of amides is 1. The van der Waals surface area contributed by atoms with Crippen LogP contribution >= 0.6 is 15.9 Å². The molecule has 0 atom stereocenters. The molecule has 4 nitrogen and oxygen atoms in total. The second kappa shape index (κ2) is 6.63. The van der Waals surface area contributed by atoms with Gasteiger partial charge in [0.25, 0.3) is 5.91 Å². The molecule has 0 bridgehead atoms. The van der Waals surface area contributed by atoms with Gasteiger partial charge >= 0.3 is 0 Å². The molecule has 0 unspecified atom stereocenters. The lowest BCUT2D eigenvalue weighted by Gasteiger charge is -2.19. The molecule has 0 spiro atoms. The molecule has 0 fully saturated rings. The Bertz CT molecular complexity index is 641. The molecule has 0 saturated heterocycles. The predicted octanol–water partition coefficient (Wildman–Crippen LogP) is 3.31. The van der Waals surface area contributed by atoms with Gasteiger partial charge in [0, 0.05) is 29.8 Å². The molecule has 21 heavy (non-hydrogen) atoms. The van der Waals surface area contributed by atoms with Gasteiger partial charge in [-0.3, -0.25) is 4.79 Å². The van der Waals surface area contributed by atoms with E-state index in [0.29, 0.717) is 23.5 Å². The molecule has 2 aromatic carbocycles. The molecule has 0 aliphatic carbocycles. The molecule has 5 heteroatoms. The number of hydrogen-bond donors (Lipinski definition) is 1. The number of ether oxygens (including phenoxy) is 1. The molecule has 110 valence electrons. The molecule has 2 aromatic rings. The van der Waals surface area contributed by atoms with Gasteiger partial charge in [0.2, 0.25) is 0 Å². The molecule has 0 radical (unpaired) electrons. The number of benzene rings is 2. The van der Waals surface area contributed by atoms with Gasteiger partial charge in [0.15, 0.2) is 0 Å². The van der Waals surface area contributed by atoms with Crippen LogP contribution < -0.4 is 10.5 Å². The van der Waals surface area contributed by atoms with Crippen molar-refractivity contribution in [2.24, 2.45) is 0 Å². The standard InChI is InChI=1S/C16H17BrN2O2/c1-19(10-11-3-5-12(17)6-4-11)16(20)14-8-7-13(18)9-15(14)21-2/h3-9H,10,18H2,1-2H3. The van der Waals surface area contributed by atoms with Crippen LogP contribution in [0.1, 0.15) is 15.9 Å². The summed E-state index contributed by atoms with van der Waals surface area (Å²) >= 11 is 3.39. The van der Waals surface area contributed by atoms with E-state index in [2.05, 4.69) is 15.9 Å². The minimum Gasteiger partial charge on any atom is -0.496 e. The van der Waals surface area contributed by atoms with E-state index in [0.717, 1.165) is 10.0 Å². The van der Waals surface area contributed by atoms with E-state index in [1.807, 2.05) is 24.3 Å². The number of nitrogen functional groups attached to an aromatic ring is 1. The highest BCUT2D eigenvalue weighted by Crippen LogP contribution is 2.23. The van der Waals surface area contributed by atoms with Gasteiger partial charge in [0.05, 0.1) is 12.7 Å². The summed E-state index contributed by atoms with van der Waals surface area (Å²) in [6.45, 7) is 0.527. The molecular formula is C16H17BrN2O2. The number of anilines is 1. The fourth-order valence-electron chi connectivity index (χ4n) is 2.03. The highest BCUT2D eigenvalue weighted by Gasteiger charge is 2.17. The monoisotopic (exact) mass is 348 g/mol. The van der Waals surface area contributed by atoms with E-state index in [4.69, 9.17) is 10.5 Å². The van der Waals surface area contributed by atoms with Crippen molar-refractivity contribution in [1.29, 1.82) is 0 Å². The Morgan fingerprint density at radius 1 is 1.24 bits per heavy atom. The summed E-state index contributed by atoms with van der Waals surface area (Å²) in [5.41, 5.74) is 7.84. The van der Waals surface area contributed by atoms with Crippen molar-refractivity contribution in [2.45, 2.75) is 6.54 Å². The van der Waals surface area contributed by atoms with Crippen molar-refractivity contribution in [3.8, 4) is 5.75 Å². The topological polar surface area (TPSA) is 55.6 Å². The first-order valence-electron chi connectivity index (χ1n) is 6.44. The van der Waals surface area contributed by atoms with Gasteiger partial charge in [-0.2, -0.15) is 0 Å². The number of carbonyl (C=O) groups excluding carboxylic acids is 1. The average molecular weight is 349 g/mol. The van der Waals surface area contributed by atoms with Crippen LogP contribution in [-0.2, 0) is 6.54 Å². The quantitative estimate of drug-likeness (QED) is 0.862. The first kappa shape index (κ1) is 15.4. The van der Waals surface area contributed by atoms with Gasteiger partial charge < -0.3 is 15.4 Å². The SMILES string of the molecule is COc1cc(N)ccc1C(=O)N(C)Cc1ccc(Br)cc1. The number of nitrogens with zero attached hydrogens (tertiary/aromatic N) is 1. The van der Waals surface area contributed by atoms with E-state index < -0.39 is 0 Å². The fourth-order valence-corrected chi connectivity index (χ4v) is 2.29. The highest BCUT2D eigenvalue weighted by atomic mass is 79.9. The second-order valence-electron chi connectivity index (χ2n) is 4.75. The van der Waals surface area contributed by atoms with Gasteiger partial charge in [-0.25, -0.2) is 0 Å². The largest absolute Gasteiger partial charge is 0.496 e. The summed E-state index contributed by atoms with van der Waals surface area (Å²) in [5, 5.41) is 0. The first-order valence-corrected chi connectivity index (χ1v) is 7.24. The zero-order valence-corrected chi connectivity index (χ0v) is 13.6. The first-order chi connectivity index (χ1) is 10.0. The van der Waals surface area contributed by atoms with Crippen molar-refractivity contribution in [3.05, 3.63) is 58.1 Å². The van der Waals surface area contributed by atoms with Crippen LogP contribution in [0, 0.1) is 0 Å². The Balaban J connectivity index is 2.17. The number of halogens is 1. The average Bonchev–Trinajstić information content (AvgIpc) is 2.48. The summed E-state index contributed by atoms with van der Waals surface area (Å²) in [6.07, 6.45) is 0. The maximum atomic E-state index is 12.5. The zero-order valence-electron chi connectivity index (χ0n) is 12.0. The number of nitrogens with two attached hydrogens (primary N) is 1. The van der Waals surface area contributed by atoms with Crippen LogP contribution in [0.15, 0.2) is 46.9 Å². The van der Waals surface area contributed by atoms with Crippen LogP contribution in [0.3, 0.4) is 0 Å². The Hall–Kier alpha value is -2.01. The lowest BCUT2D eigenvalue weighted by molar-refractivity contribution is 0.0782. The smallest absolute Gasteiger partial charge is 0.257 e. The summed E-state index contributed by atoms with van der Waals surface area (Å²) in [5.74, 6) is 0.387. The van der Waals surface area contributed by atoms with Gasteiger partial charge in [-0.15, -0.1) is 0 Å². The van der Waals surface area contributed by atoms with Crippen molar-refractivity contribution in [2.75, 3.05) is 19.9 Å². The van der Waals surface area contributed by atoms with E-state index in [9.17, 15) is 4.79 Å². The molecule has 2 N–H and O–H groups in total. The van der Waals surface area contributed by atoms with Crippen molar-refractivity contribution >= 4 is 27.5 Å². The molecule has 0 aromatic heterocycles. The van der Waals surface area contributed by atoms with E-state index in [1.165, 1.54) is 7.11 Å². The van der Waals surface area contributed by atoms with Gasteiger partial charge in [-0.05, 0) is 29.8 Å². The third kappa shape index (κ3) is 3.76. The number of hydrogen-bond acceptors (Lipinski definition) is 3. The third-order valence-electron chi connectivity index (χ3n) is 3.14. The Morgan fingerprint density at radius 3 is 2.52 bits per heavy atom. The maximum absolute atomic E-state index is 12.5. The van der Waals surface area contributed by atoms with Crippen LogP contribution in [-0.4, -0.2) is 25.0 Å². The Kier molecular flexibility index (Phi) is 4.85. The van der Waals surface area contributed by atoms with Crippen molar-refractivity contribution in [1.82, 2.24) is 4.90 Å². The third-order valence-corrected chi connectivity index (χ3v) is 3.66. The van der Waals surface area contributed by atoms with Crippen molar-refractivity contribution < 1.29 is 9.53 Å². The molecule has 0 heterocycles. The van der Waals surface area contributed by atoms with Crippen LogP contribution in [0.4, 0.5) is 5.69 Å². The molecule has 0 aliphatic rings. The number of methoxy groups -OCH3 is 1. The Morgan fingerprint density at radius 2 is 1.90 bits per heavy atom. The molecule has 0 aliphatic heterocycles.